The molecule has 0 bridgehead atoms. The van der Waals surface area contributed by atoms with E-state index in [1.165, 1.54) is 0 Å². The molecule has 1 aromatic heterocycles. The molecule has 1 aliphatic heterocycles. The van der Waals surface area contributed by atoms with Gasteiger partial charge in [-0.15, -0.1) is 0 Å². The molecule has 4 heteroatoms. The van der Waals surface area contributed by atoms with Gasteiger partial charge in [-0.1, -0.05) is 0 Å². The predicted octanol–water partition coefficient (Wildman–Crippen LogP) is 0.427. The molecule has 11 heavy (non-hydrogen) atoms. The lowest BCUT2D eigenvalue weighted by Crippen LogP contribution is -2.08. The number of nitrogens with two attached hydrogens (primary N) is 1. The second-order valence-electron chi connectivity index (χ2n) is 2.77. The smallest absolute Gasteiger partial charge is 0.0775 e. The molecule has 0 aliphatic carbocycles. The van der Waals surface area contributed by atoms with E-state index in [0.29, 0.717) is 6.04 Å². The van der Waals surface area contributed by atoms with Crippen LogP contribution in [0.1, 0.15) is 12.5 Å². The number of rotatable bonds is 1. The van der Waals surface area contributed by atoms with E-state index in [-0.39, 0.29) is 0 Å². The molecule has 4 nitrogen and oxygen atoms in total. The Balaban J connectivity index is 2.15. The van der Waals surface area contributed by atoms with Crippen molar-refractivity contribution in [1.29, 1.82) is 0 Å². The summed E-state index contributed by atoms with van der Waals surface area (Å²) in [7, 11) is 0. The Hall–Kier alpha value is -1.03. The fourth-order valence-electron chi connectivity index (χ4n) is 1.28. The molecular formula is C7H11N3O. The number of hydrogen-bond acceptors (Lipinski definition) is 3. The third kappa shape index (κ3) is 1.21. The normalized spacial score (nSPS) is 24.2. The van der Waals surface area contributed by atoms with E-state index in [1.54, 1.807) is 6.20 Å². The Morgan fingerprint density at radius 3 is 3.18 bits per heavy atom. The maximum absolute atomic E-state index is 5.52. The van der Waals surface area contributed by atoms with Crippen molar-refractivity contribution in [2.24, 2.45) is 0 Å². The molecule has 1 aromatic rings. The van der Waals surface area contributed by atoms with E-state index in [0.717, 1.165) is 25.3 Å². The number of ether oxygens (including phenoxy) is 1. The van der Waals surface area contributed by atoms with Gasteiger partial charge in [0.05, 0.1) is 24.5 Å². The Morgan fingerprint density at radius 2 is 2.64 bits per heavy atom. The Morgan fingerprint density at radius 1 is 1.73 bits per heavy atom. The van der Waals surface area contributed by atoms with Crippen LogP contribution in [0.25, 0.3) is 0 Å². The van der Waals surface area contributed by atoms with Gasteiger partial charge in [-0.25, -0.2) is 0 Å². The lowest BCUT2D eigenvalue weighted by Gasteiger charge is -2.06. The summed E-state index contributed by atoms with van der Waals surface area (Å²) in [5.41, 5.74) is 6.24. The number of anilines is 1. The average molecular weight is 153 g/mol. The number of nitrogens with zero attached hydrogens (tertiary/aromatic N) is 2. The van der Waals surface area contributed by atoms with E-state index in [1.807, 2.05) is 10.9 Å². The summed E-state index contributed by atoms with van der Waals surface area (Å²) in [6.45, 7) is 1.60. The molecule has 2 heterocycles. The molecule has 0 spiro atoms. The summed E-state index contributed by atoms with van der Waals surface area (Å²) in [6, 6.07) is 0.396. The zero-order valence-corrected chi connectivity index (χ0v) is 6.23. The maximum Gasteiger partial charge on any atom is 0.0775 e. The molecule has 2 rings (SSSR count). The first-order valence-electron chi connectivity index (χ1n) is 3.73. The molecule has 1 atom stereocenters. The molecule has 1 aliphatic rings. The summed E-state index contributed by atoms with van der Waals surface area (Å²) in [6.07, 6.45) is 4.55. The van der Waals surface area contributed by atoms with Gasteiger partial charge in [0.25, 0.3) is 0 Å². The van der Waals surface area contributed by atoms with Crippen molar-refractivity contribution in [3.05, 3.63) is 12.4 Å². The van der Waals surface area contributed by atoms with Crippen molar-refractivity contribution >= 4 is 5.69 Å². The van der Waals surface area contributed by atoms with E-state index in [4.69, 9.17) is 10.5 Å². The quantitative estimate of drug-likeness (QED) is 0.636. The zero-order valence-electron chi connectivity index (χ0n) is 6.23. The second kappa shape index (κ2) is 2.54. The third-order valence-electron chi connectivity index (χ3n) is 1.90. The minimum Gasteiger partial charge on any atom is -0.396 e. The standard InChI is InChI=1S/C7H11N3O/c8-6-3-9-10(4-6)7-1-2-11-5-7/h3-4,7H,1-2,5,8H2/t7-/m0/s1. The highest BCUT2D eigenvalue weighted by atomic mass is 16.5. The van der Waals surface area contributed by atoms with Gasteiger partial charge in [-0.3, -0.25) is 4.68 Å². The predicted molar refractivity (Wildman–Crippen MR) is 41.1 cm³/mol. The van der Waals surface area contributed by atoms with Gasteiger partial charge in [-0.05, 0) is 6.42 Å². The first-order valence-corrected chi connectivity index (χ1v) is 3.73. The average Bonchev–Trinajstić information content (AvgIpc) is 2.55. The van der Waals surface area contributed by atoms with Crippen LogP contribution in [0.5, 0.6) is 0 Å². The molecule has 1 saturated heterocycles. The monoisotopic (exact) mass is 153 g/mol. The third-order valence-corrected chi connectivity index (χ3v) is 1.90. The van der Waals surface area contributed by atoms with Crippen LogP contribution in [0.4, 0.5) is 5.69 Å². The molecule has 0 unspecified atom stereocenters. The van der Waals surface area contributed by atoms with Crippen molar-refractivity contribution in [2.45, 2.75) is 12.5 Å². The van der Waals surface area contributed by atoms with Gasteiger partial charge in [0.1, 0.15) is 0 Å². The van der Waals surface area contributed by atoms with Crippen LogP contribution in [0, 0.1) is 0 Å². The van der Waals surface area contributed by atoms with Crippen LogP contribution in [-0.2, 0) is 4.74 Å². The fourth-order valence-corrected chi connectivity index (χ4v) is 1.28. The summed E-state index contributed by atoms with van der Waals surface area (Å²) < 4.78 is 7.10. The van der Waals surface area contributed by atoms with Crippen LogP contribution in [0.2, 0.25) is 0 Å². The van der Waals surface area contributed by atoms with Gasteiger partial charge in [0.2, 0.25) is 0 Å². The lowest BCUT2D eigenvalue weighted by molar-refractivity contribution is 0.184. The summed E-state index contributed by atoms with van der Waals surface area (Å²) >= 11 is 0. The fraction of sp³-hybridized carbons (Fsp3) is 0.571. The maximum atomic E-state index is 5.52. The van der Waals surface area contributed by atoms with Crippen LogP contribution in [0.15, 0.2) is 12.4 Å². The molecule has 0 aromatic carbocycles. The number of hydrogen-bond donors (Lipinski definition) is 1. The Bertz CT molecular complexity index is 240. The van der Waals surface area contributed by atoms with Crippen LogP contribution >= 0.6 is 0 Å². The Labute approximate surface area is 64.9 Å². The largest absolute Gasteiger partial charge is 0.396 e. The molecule has 0 radical (unpaired) electrons. The summed E-state index contributed by atoms with van der Waals surface area (Å²) in [4.78, 5) is 0. The van der Waals surface area contributed by atoms with Crippen LogP contribution in [0.3, 0.4) is 0 Å². The first kappa shape index (κ1) is 6.67. The van der Waals surface area contributed by atoms with Gasteiger partial charge < -0.3 is 10.5 Å². The van der Waals surface area contributed by atoms with Crippen LogP contribution < -0.4 is 5.73 Å². The highest BCUT2D eigenvalue weighted by molar-refractivity contribution is 5.30. The molecule has 60 valence electrons. The number of nitrogen functional groups attached to an aromatic ring is 1. The minimum absolute atomic E-state index is 0.396. The summed E-state index contributed by atoms with van der Waals surface area (Å²) in [5.74, 6) is 0. The molecule has 0 saturated carbocycles. The van der Waals surface area contributed by atoms with Crippen molar-refractivity contribution < 1.29 is 4.74 Å². The second-order valence-corrected chi connectivity index (χ2v) is 2.77. The van der Waals surface area contributed by atoms with E-state index < -0.39 is 0 Å². The molecule has 1 fully saturated rings. The highest BCUT2D eigenvalue weighted by Crippen LogP contribution is 2.18. The highest BCUT2D eigenvalue weighted by Gasteiger charge is 2.17. The molecule has 2 N–H and O–H groups in total. The van der Waals surface area contributed by atoms with Crippen molar-refractivity contribution in [3.63, 3.8) is 0 Å². The van der Waals surface area contributed by atoms with E-state index in [2.05, 4.69) is 5.10 Å². The zero-order chi connectivity index (χ0) is 7.68. The minimum atomic E-state index is 0.396. The lowest BCUT2D eigenvalue weighted by atomic mass is 10.3. The summed E-state index contributed by atoms with van der Waals surface area (Å²) in [5, 5.41) is 4.11. The number of aromatic nitrogens is 2. The first-order chi connectivity index (χ1) is 5.36. The van der Waals surface area contributed by atoms with E-state index in [9.17, 15) is 0 Å². The SMILES string of the molecule is Nc1cnn([C@H]2CCOC2)c1. The van der Waals surface area contributed by atoms with Gasteiger partial charge in [-0.2, -0.15) is 5.10 Å². The van der Waals surface area contributed by atoms with Gasteiger partial charge in [0, 0.05) is 12.8 Å². The molecular weight excluding hydrogens is 142 g/mol. The van der Waals surface area contributed by atoms with Gasteiger partial charge in [0.15, 0.2) is 0 Å². The molecule has 0 amide bonds. The Kier molecular flexibility index (Phi) is 1.54. The van der Waals surface area contributed by atoms with Crippen LogP contribution in [-0.4, -0.2) is 23.0 Å². The van der Waals surface area contributed by atoms with Gasteiger partial charge >= 0.3 is 0 Å². The topological polar surface area (TPSA) is 53.1 Å². The van der Waals surface area contributed by atoms with Crippen molar-refractivity contribution in [2.75, 3.05) is 18.9 Å². The van der Waals surface area contributed by atoms with Crippen molar-refractivity contribution in [3.8, 4) is 0 Å². The van der Waals surface area contributed by atoms with Crippen molar-refractivity contribution in [1.82, 2.24) is 9.78 Å². The van der Waals surface area contributed by atoms with E-state index >= 15 is 0 Å².